The number of amides is 2. The fourth-order valence-corrected chi connectivity index (χ4v) is 4.07. The summed E-state index contributed by atoms with van der Waals surface area (Å²) >= 11 is 0. The predicted molar refractivity (Wildman–Crippen MR) is 103 cm³/mol. The number of nitrogens with one attached hydrogen (secondary N) is 1. The van der Waals surface area contributed by atoms with Crippen molar-refractivity contribution < 1.29 is 26.8 Å². The minimum absolute atomic E-state index is 0.0745. The molecule has 6 nitrogen and oxygen atoms in total. The molecule has 0 heterocycles. The molecule has 9 heteroatoms. The van der Waals surface area contributed by atoms with Crippen molar-refractivity contribution in [3.63, 3.8) is 0 Å². The standard InChI is InChI=1S/C20H22F2N2O4S/c1-13(29(27,28)18-8-6-17(22)7-9-18)10-19(25)24-12-15(20(23)26)11-14-2-4-16(21)5-3-14/h2-9,13,15H,10-12H2,1H3,(H2,23,26)(H,24,25). The summed E-state index contributed by atoms with van der Waals surface area (Å²) in [4.78, 5) is 23.7. The summed E-state index contributed by atoms with van der Waals surface area (Å²) in [5.74, 6) is -2.90. The van der Waals surface area contributed by atoms with Crippen LogP contribution in [-0.4, -0.2) is 32.0 Å². The van der Waals surface area contributed by atoms with Crippen LogP contribution in [0.3, 0.4) is 0 Å². The van der Waals surface area contributed by atoms with Crippen molar-refractivity contribution in [2.75, 3.05) is 6.54 Å². The average Bonchev–Trinajstić information content (AvgIpc) is 2.66. The Balaban J connectivity index is 1.95. The number of hydrogen-bond donors (Lipinski definition) is 2. The van der Waals surface area contributed by atoms with Gasteiger partial charge in [-0.25, -0.2) is 17.2 Å². The normalized spacial score (nSPS) is 13.5. The topological polar surface area (TPSA) is 106 Å². The Morgan fingerprint density at radius 1 is 1.00 bits per heavy atom. The highest BCUT2D eigenvalue weighted by Gasteiger charge is 2.26. The molecule has 0 aliphatic rings. The van der Waals surface area contributed by atoms with Gasteiger partial charge < -0.3 is 11.1 Å². The maximum Gasteiger partial charge on any atom is 0.222 e. The summed E-state index contributed by atoms with van der Waals surface area (Å²) in [6.45, 7) is 1.30. The van der Waals surface area contributed by atoms with Gasteiger partial charge in [-0.1, -0.05) is 12.1 Å². The lowest BCUT2D eigenvalue weighted by Gasteiger charge is -2.16. The Kier molecular flexibility index (Phi) is 7.44. The quantitative estimate of drug-likeness (QED) is 0.600. The van der Waals surface area contributed by atoms with E-state index in [4.69, 9.17) is 5.73 Å². The zero-order valence-electron chi connectivity index (χ0n) is 15.8. The summed E-state index contributed by atoms with van der Waals surface area (Å²) in [6.07, 6.45) is -0.124. The highest BCUT2D eigenvalue weighted by molar-refractivity contribution is 7.92. The van der Waals surface area contributed by atoms with Crippen molar-refractivity contribution in [3.8, 4) is 0 Å². The highest BCUT2D eigenvalue weighted by Crippen LogP contribution is 2.18. The van der Waals surface area contributed by atoms with Gasteiger partial charge in [0.2, 0.25) is 11.8 Å². The van der Waals surface area contributed by atoms with Crippen molar-refractivity contribution in [2.24, 2.45) is 11.7 Å². The molecule has 156 valence electrons. The SMILES string of the molecule is CC(CC(=O)NCC(Cc1ccc(F)cc1)C(N)=O)S(=O)(=O)c1ccc(F)cc1. The van der Waals surface area contributed by atoms with Gasteiger partial charge >= 0.3 is 0 Å². The van der Waals surface area contributed by atoms with Crippen LogP contribution in [0.15, 0.2) is 53.4 Å². The molecule has 0 aromatic heterocycles. The summed E-state index contributed by atoms with van der Waals surface area (Å²) in [5, 5.41) is 1.48. The van der Waals surface area contributed by atoms with Gasteiger partial charge in [0.05, 0.1) is 16.1 Å². The van der Waals surface area contributed by atoms with Crippen LogP contribution in [0.25, 0.3) is 0 Å². The molecule has 2 aromatic carbocycles. The summed E-state index contributed by atoms with van der Waals surface area (Å²) in [5.41, 5.74) is 6.05. The molecule has 2 atom stereocenters. The predicted octanol–water partition coefficient (Wildman–Crippen LogP) is 1.98. The molecule has 0 spiro atoms. The van der Waals surface area contributed by atoms with Crippen molar-refractivity contribution in [3.05, 3.63) is 65.7 Å². The third-order valence-corrected chi connectivity index (χ3v) is 6.64. The summed E-state index contributed by atoms with van der Waals surface area (Å²) < 4.78 is 50.9. The molecule has 0 aliphatic heterocycles. The lowest BCUT2D eigenvalue weighted by molar-refractivity contribution is -0.123. The van der Waals surface area contributed by atoms with Crippen LogP contribution in [0.5, 0.6) is 0 Å². The zero-order chi connectivity index (χ0) is 21.6. The zero-order valence-corrected chi connectivity index (χ0v) is 16.6. The van der Waals surface area contributed by atoms with Gasteiger partial charge in [-0.3, -0.25) is 9.59 Å². The molecule has 2 unspecified atom stereocenters. The molecule has 2 amide bonds. The number of carbonyl (C=O) groups excluding carboxylic acids is 2. The number of benzene rings is 2. The summed E-state index contributed by atoms with van der Waals surface area (Å²) in [7, 11) is -3.81. The van der Waals surface area contributed by atoms with Gasteiger partial charge in [-0.15, -0.1) is 0 Å². The van der Waals surface area contributed by atoms with Gasteiger partial charge in [0.1, 0.15) is 11.6 Å². The second-order valence-electron chi connectivity index (χ2n) is 6.75. The van der Waals surface area contributed by atoms with E-state index in [1.807, 2.05) is 0 Å². The minimum atomic E-state index is -3.81. The Labute approximate surface area is 168 Å². The van der Waals surface area contributed by atoms with Crippen molar-refractivity contribution in [1.82, 2.24) is 5.32 Å². The molecule has 0 aliphatic carbocycles. The first-order valence-corrected chi connectivity index (χ1v) is 10.4. The Bertz CT molecular complexity index is 961. The largest absolute Gasteiger partial charge is 0.369 e. The Morgan fingerprint density at radius 3 is 2.03 bits per heavy atom. The lowest BCUT2D eigenvalue weighted by atomic mass is 9.98. The first-order chi connectivity index (χ1) is 13.6. The molecule has 0 saturated heterocycles. The van der Waals surface area contributed by atoms with Crippen LogP contribution in [0.1, 0.15) is 18.9 Å². The van der Waals surface area contributed by atoms with E-state index in [1.165, 1.54) is 31.2 Å². The first kappa shape index (κ1) is 22.5. The number of carbonyl (C=O) groups is 2. The Hall–Kier alpha value is -2.81. The first-order valence-electron chi connectivity index (χ1n) is 8.89. The van der Waals surface area contributed by atoms with Crippen LogP contribution in [0.4, 0.5) is 8.78 Å². The minimum Gasteiger partial charge on any atom is -0.369 e. The van der Waals surface area contributed by atoms with Gasteiger partial charge in [-0.05, 0) is 55.3 Å². The smallest absolute Gasteiger partial charge is 0.222 e. The second-order valence-corrected chi connectivity index (χ2v) is 9.11. The van der Waals surface area contributed by atoms with Gasteiger partial charge in [0.15, 0.2) is 9.84 Å². The van der Waals surface area contributed by atoms with E-state index in [1.54, 1.807) is 0 Å². The molecule has 29 heavy (non-hydrogen) atoms. The van der Waals surface area contributed by atoms with Crippen molar-refractivity contribution in [2.45, 2.75) is 29.9 Å². The molecule has 3 N–H and O–H groups in total. The van der Waals surface area contributed by atoms with Gasteiger partial charge in [-0.2, -0.15) is 0 Å². The third kappa shape index (κ3) is 6.35. The van der Waals surface area contributed by atoms with E-state index in [-0.39, 0.29) is 24.3 Å². The number of halogens is 2. The van der Waals surface area contributed by atoms with Crippen LogP contribution in [0, 0.1) is 17.6 Å². The van der Waals surface area contributed by atoms with E-state index in [0.717, 1.165) is 24.3 Å². The third-order valence-electron chi connectivity index (χ3n) is 4.49. The van der Waals surface area contributed by atoms with Gasteiger partial charge in [0, 0.05) is 13.0 Å². The van der Waals surface area contributed by atoms with E-state index in [9.17, 15) is 26.8 Å². The van der Waals surface area contributed by atoms with Gasteiger partial charge in [0.25, 0.3) is 0 Å². The average molecular weight is 424 g/mol. The molecular formula is C20H22F2N2O4S. The number of rotatable bonds is 9. The molecule has 0 saturated carbocycles. The number of sulfone groups is 1. The van der Waals surface area contributed by atoms with Crippen molar-refractivity contribution in [1.29, 1.82) is 0 Å². The highest BCUT2D eigenvalue weighted by atomic mass is 32.2. The van der Waals surface area contributed by atoms with Crippen LogP contribution in [0.2, 0.25) is 0 Å². The van der Waals surface area contributed by atoms with E-state index in [0.29, 0.717) is 5.56 Å². The molecule has 2 rings (SSSR count). The molecule has 0 fully saturated rings. The van der Waals surface area contributed by atoms with E-state index >= 15 is 0 Å². The van der Waals surface area contributed by atoms with Crippen LogP contribution < -0.4 is 11.1 Å². The van der Waals surface area contributed by atoms with Crippen LogP contribution in [-0.2, 0) is 25.8 Å². The maximum absolute atomic E-state index is 13.0. The number of primary amides is 1. The fourth-order valence-electron chi connectivity index (χ4n) is 2.71. The second kappa shape index (κ2) is 9.60. The number of hydrogen-bond acceptors (Lipinski definition) is 4. The molecule has 0 bridgehead atoms. The molecular weight excluding hydrogens is 402 g/mol. The molecule has 0 radical (unpaired) electrons. The van der Waals surface area contributed by atoms with Crippen molar-refractivity contribution >= 4 is 21.7 Å². The van der Waals surface area contributed by atoms with E-state index < -0.39 is 44.5 Å². The maximum atomic E-state index is 13.0. The lowest BCUT2D eigenvalue weighted by Crippen LogP contribution is -2.38. The summed E-state index contributed by atoms with van der Waals surface area (Å²) in [6, 6.07) is 9.91. The molecule has 2 aromatic rings. The Morgan fingerprint density at radius 2 is 1.52 bits per heavy atom. The fraction of sp³-hybridized carbons (Fsp3) is 0.300. The number of nitrogens with two attached hydrogens (primary N) is 1. The monoisotopic (exact) mass is 424 g/mol. The van der Waals surface area contributed by atoms with Crippen LogP contribution >= 0.6 is 0 Å². The van der Waals surface area contributed by atoms with E-state index in [2.05, 4.69) is 5.32 Å².